The molecule has 0 bridgehead atoms. The number of carbonyl (C=O) groups excluding carboxylic acids is 1. The van der Waals surface area contributed by atoms with Crippen molar-refractivity contribution in [3.63, 3.8) is 0 Å². The van der Waals surface area contributed by atoms with E-state index in [2.05, 4.69) is 11.7 Å². The van der Waals surface area contributed by atoms with Gasteiger partial charge in [0.1, 0.15) is 0 Å². The van der Waals surface area contributed by atoms with E-state index in [1.165, 1.54) is 7.11 Å². The lowest BCUT2D eigenvalue weighted by atomic mass is 10.2. The van der Waals surface area contributed by atoms with E-state index in [0.29, 0.717) is 24.5 Å². The second-order valence-electron chi connectivity index (χ2n) is 5.10. The molecule has 5 heteroatoms. The number of rotatable bonds is 6. The molecule has 0 aliphatic carbocycles. The lowest BCUT2D eigenvalue weighted by molar-refractivity contribution is 0.0768. The highest BCUT2D eigenvalue weighted by molar-refractivity contribution is 5.95. The standard InChI is InChI=1S/C17H21N3O2/c1-5-19(11-13(2)3)17(21)16-15(22-4)12-20(18-16)14-9-7-6-8-10-14/h6-10,12H,2,5,11H2,1,3-4H3. The fourth-order valence-electron chi connectivity index (χ4n) is 2.17. The molecule has 5 nitrogen and oxygen atoms in total. The Labute approximate surface area is 130 Å². The minimum atomic E-state index is -0.156. The van der Waals surface area contributed by atoms with Crippen LogP contribution in [0.2, 0.25) is 0 Å². The maximum atomic E-state index is 12.7. The van der Waals surface area contributed by atoms with Crippen LogP contribution in [0.25, 0.3) is 5.69 Å². The highest BCUT2D eigenvalue weighted by Crippen LogP contribution is 2.21. The Bertz CT molecular complexity index is 662. The maximum absolute atomic E-state index is 12.7. The third-order valence-corrected chi connectivity index (χ3v) is 3.25. The average molecular weight is 299 g/mol. The number of aromatic nitrogens is 2. The molecule has 0 radical (unpaired) electrons. The number of ether oxygens (including phenoxy) is 1. The smallest absolute Gasteiger partial charge is 0.278 e. The molecule has 116 valence electrons. The molecule has 1 aromatic carbocycles. The van der Waals surface area contributed by atoms with Gasteiger partial charge in [-0.2, -0.15) is 5.10 Å². The summed E-state index contributed by atoms with van der Waals surface area (Å²) in [7, 11) is 1.54. The van der Waals surface area contributed by atoms with Crippen molar-refractivity contribution in [3.05, 3.63) is 54.4 Å². The van der Waals surface area contributed by atoms with Crippen molar-refractivity contribution in [1.29, 1.82) is 0 Å². The Kier molecular flexibility index (Phi) is 4.99. The van der Waals surface area contributed by atoms with Crippen LogP contribution in [0.3, 0.4) is 0 Å². The molecule has 22 heavy (non-hydrogen) atoms. The third kappa shape index (κ3) is 3.36. The van der Waals surface area contributed by atoms with Crippen molar-refractivity contribution in [1.82, 2.24) is 14.7 Å². The van der Waals surface area contributed by atoms with Gasteiger partial charge in [-0.15, -0.1) is 0 Å². The number of nitrogens with zero attached hydrogens (tertiary/aromatic N) is 3. The number of para-hydroxylation sites is 1. The van der Waals surface area contributed by atoms with Crippen LogP contribution in [-0.4, -0.2) is 40.8 Å². The van der Waals surface area contributed by atoms with Crippen LogP contribution < -0.4 is 4.74 Å². The van der Waals surface area contributed by atoms with Gasteiger partial charge in [-0.1, -0.05) is 30.4 Å². The van der Waals surface area contributed by atoms with Crippen LogP contribution in [0.4, 0.5) is 0 Å². The van der Waals surface area contributed by atoms with E-state index in [1.54, 1.807) is 15.8 Å². The van der Waals surface area contributed by atoms with Crippen molar-refractivity contribution in [3.8, 4) is 11.4 Å². The molecule has 0 atom stereocenters. The Balaban J connectivity index is 2.36. The molecule has 0 aliphatic heterocycles. The average Bonchev–Trinajstić information content (AvgIpc) is 2.97. The Morgan fingerprint density at radius 1 is 1.36 bits per heavy atom. The molecule has 0 saturated carbocycles. The quantitative estimate of drug-likeness (QED) is 0.771. The lowest BCUT2D eigenvalue weighted by Crippen LogP contribution is -2.32. The summed E-state index contributed by atoms with van der Waals surface area (Å²) in [5.74, 6) is 0.311. The normalized spacial score (nSPS) is 10.3. The zero-order valence-electron chi connectivity index (χ0n) is 13.2. The van der Waals surface area contributed by atoms with Crippen LogP contribution in [0.15, 0.2) is 48.7 Å². The summed E-state index contributed by atoms with van der Waals surface area (Å²) >= 11 is 0. The molecule has 0 aliphatic rings. The summed E-state index contributed by atoms with van der Waals surface area (Å²) in [4.78, 5) is 14.4. The molecule has 2 aromatic rings. The number of hydrogen-bond acceptors (Lipinski definition) is 3. The zero-order valence-corrected chi connectivity index (χ0v) is 13.2. The summed E-state index contributed by atoms with van der Waals surface area (Å²) in [6, 6.07) is 9.62. The Morgan fingerprint density at radius 2 is 2.05 bits per heavy atom. The van der Waals surface area contributed by atoms with Gasteiger partial charge in [0.05, 0.1) is 19.0 Å². The Hall–Kier alpha value is -2.56. The first-order chi connectivity index (χ1) is 10.6. The van der Waals surface area contributed by atoms with Crippen molar-refractivity contribution in [2.75, 3.05) is 20.2 Å². The molecular formula is C17H21N3O2. The summed E-state index contributed by atoms with van der Waals surface area (Å²) in [5, 5.41) is 4.40. The van der Waals surface area contributed by atoms with Crippen LogP contribution in [0, 0.1) is 0 Å². The monoisotopic (exact) mass is 299 g/mol. The Morgan fingerprint density at radius 3 is 2.59 bits per heavy atom. The second kappa shape index (κ2) is 6.93. The number of carbonyl (C=O) groups is 1. The van der Waals surface area contributed by atoms with Gasteiger partial charge >= 0.3 is 0 Å². The SMILES string of the molecule is C=C(C)CN(CC)C(=O)c1nn(-c2ccccc2)cc1OC. The minimum Gasteiger partial charge on any atom is -0.493 e. The van der Waals surface area contributed by atoms with Gasteiger partial charge < -0.3 is 9.64 Å². The van der Waals surface area contributed by atoms with Gasteiger partial charge in [0.15, 0.2) is 11.4 Å². The van der Waals surface area contributed by atoms with E-state index in [4.69, 9.17) is 4.74 Å². The molecule has 0 N–H and O–H groups in total. The predicted octanol–water partition coefficient (Wildman–Crippen LogP) is 2.92. The van der Waals surface area contributed by atoms with Crippen LogP contribution in [0.1, 0.15) is 24.3 Å². The van der Waals surface area contributed by atoms with Gasteiger partial charge in [0, 0.05) is 13.1 Å². The molecule has 1 heterocycles. The van der Waals surface area contributed by atoms with Gasteiger partial charge in [-0.05, 0) is 26.0 Å². The fraction of sp³-hybridized carbons (Fsp3) is 0.294. The van der Waals surface area contributed by atoms with Crippen molar-refractivity contribution < 1.29 is 9.53 Å². The van der Waals surface area contributed by atoms with Crippen molar-refractivity contribution in [2.45, 2.75) is 13.8 Å². The topological polar surface area (TPSA) is 47.4 Å². The second-order valence-corrected chi connectivity index (χ2v) is 5.10. The molecular weight excluding hydrogens is 278 g/mol. The molecule has 1 amide bonds. The molecule has 0 fully saturated rings. The molecule has 0 spiro atoms. The van der Waals surface area contributed by atoms with Crippen LogP contribution in [-0.2, 0) is 0 Å². The fourth-order valence-corrected chi connectivity index (χ4v) is 2.17. The first kappa shape index (κ1) is 15.8. The summed E-state index contributed by atoms with van der Waals surface area (Å²) in [6.07, 6.45) is 1.72. The van der Waals surface area contributed by atoms with E-state index in [9.17, 15) is 4.79 Å². The summed E-state index contributed by atoms with van der Waals surface area (Å²) < 4.78 is 6.97. The van der Waals surface area contributed by atoms with Crippen LogP contribution >= 0.6 is 0 Å². The minimum absolute atomic E-state index is 0.156. The van der Waals surface area contributed by atoms with E-state index < -0.39 is 0 Å². The molecule has 0 unspecified atom stereocenters. The maximum Gasteiger partial charge on any atom is 0.278 e. The highest BCUT2D eigenvalue weighted by atomic mass is 16.5. The van der Waals surface area contributed by atoms with E-state index >= 15 is 0 Å². The first-order valence-electron chi connectivity index (χ1n) is 7.19. The van der Waals surface area contributed by atoms with Gasteiger partial charge in [-0.3, -0.25) is 4.79 Å². The number of benzene rings is 1. The summed E-state index contributed by atoms with van der Waals surface area (Å²) in [5.41, 5.74) is 2.12. The van der Waals surface area contributed by atoms with E-state index in [1.807, 2.05) is 44.2 Å². The number of likely N-dealkylation sites (N-methyl/N-ethyl adjacent to an activating group) is 1. The van der Waals surface area contributed by atoms with E-state index in [-0.39, 0.29) is 5.91 Å². The zero-order chi connectivity index (χ0) is 16.1. The number of amides is 1. The third-order valence-electron chi connectivity index (χ3n) is 3.25. The first-order valence-corrected chi connectivity index (χ1v) is 7.19. The van der Waals surface area contributed by atoms with Crippen molar-refractivity contribution in [2.24, 2.45) is 0 Å². The molecule has 0 saturated heterocycles. The van der Waals surface area contributed by atoms with E-state index in [0.717, 1.165) is 11.3 Å². The molecule has 1 aromatic heterocycles. The van der Waals surface area contributed by atoms with Gasteiger partial charge in [0.25, 0.3) is 5.91 Å². The predicted molar refractivity (Wildman–Crippen MR) is 86.5 cm³/mol. The van der Waals surface area contributed by atoms with Gasteiger partial charge in [0.2, 0.25) is 0 Å². The molecule has 2 rings (SSSR count). The number of methoxy groups -OCH3 is 1. The van der Waals surface area contributed by atoms with Crippen LogP contribution in [0.5, 0.6) is 5.75 Å². The highest BCUT2D eigenvalue weighted by Gasteiger charge is 2.23. The summed E-state index contributed by atoms with van der Waals surface area (Å²) in [6.45, 7) is 8.80. The van der Waals surface area contributed by atoms with Gasteiger partial charge in [-0.25, -0.2) is 4.68 Å². The van der Waals surface area contributed by atoms with Crippen molar-refractivity contribution >= 4 is 5.91 Å². The number of hydrogen-bond donors (Lipinski definition) is 0. The largest absolute Gasteiger partial charge is 0.493 e. The lowest BCUT2D eigenvalue weighted by Gasteiger charge is -2.20.